The van der Waals surface area contributed by atoms with Gasteiger partial charge in [0.05, 0.1) is 0 Å². The Morgan fingerprint density at radius 3 is 2.64 bits per heavy atom. The van der Waals surface area contributed by atoms with Crippen LogP contribution in [0, 0.1) is 11.8 Å². The van der Waals surface area contributed by atoms with E-state index in [9.17, 15) is 0 Å². The zero-order valence-corrected chi connectivity index (χ0v) is 7.10. The summed E-state index contributed by atoms with van der Waals surface area (Å²) < 4.78 is 0. The number of nitrogens with one attached hydrogen (secondary N) is 1. The van der Waals surface area contributed by atoms with Gasteiger partial charge in [-0.15, -0.1) is 0 Å². The fourth-order valence-electron chi connectivity index (χ4n) is 3.71. The highest BCUT2D eigenvalue weighted by atomic mass is 15.1. The third kappa shape index (κ3) is 0.658. The van der Waals surface area contributed by atoms with E-state index in [0.29, 0.717) is 5.54 Å². The zero-order valence-electron chi connectivity index (χ0n) is 7.10. The Balaban J connectivity index is 1.89. The fourth-order valence-corrected chi connectivity index (χ4v) is 3.71. The van der Waals surface area contributed by atoms with Crippen LogP contribution in [0.4, 0.5) is 0 Å². The van der Waals surface area contributed by atoms with Crippen molar-refractivity contribution in [3.8, 4) is 0 Å². The van der Waals surface area contributed by atoms with Gasteiger partial charge in [0.25, 0.3) is 0 Å². The van der Waals surface area contributed by atoms with Crippen LogP contribution in [0.25, 0.3) is 0 Å². The maximum absolute atomic E-state index is 3.72. The number of hydrogen-bond acceptors (Lipinski definition) is 1. The van der Waals surface area contributed by atoms with Crippen molar-refractivity contribution in [1.29, 1.82) is 0 Å². The summed E-state index contributed by atoms with van der Waals surface area (Å²) in [4.78, 5) is 0. The molecule has 0 aromatic carbocycles. The molecule has 0 bridgehead atoms. The zero-order chi connectivity index (χ0) is 7.31. The number of hydrogen-bond donors (Lipinski definition) is 1. The lowest BCUT2D eigenvalue weighted by molar-refractivity contribution is 0.0521. The average Bonchev–Trinajstić information content (AvgIpc) is 2.26. The Hall–Kier alpha value is -0.0400. The van der Waals surface area contributed by atoms with E-state index in [1.54, 1.807) is 0 Å². The lowest BCUT2D eigenvalue weighted by atomic mass is 9.66. The molecule has 3 fully saturated rings. The Morgan fingerprint density at radius 1 is 1.00 bits per heavy atom. The minimum Gasteiger partial charge on any atom is -0.310 e. The van der Waals surface area contributed by atoms with Gasteiger partial charge in [-0.1, -0.05) is 12.8 Å². The molecule has 1 aliphatic heterocycles. The second-order valence-corrected chi connectivity index (χ2v) is 4.64. The molecule has 3 rings (SSSR count). The normalized spacial score (nSPS) is 54.5. The first-order chi connectivity index (χ1) is 5.42. The lowest BCUT2D eigenvalue weighted by Gasteiger charge is -2.52. The Bertz CT molecular complexity index is 176. The van der Waals surface area contributed by atoms with Gasteiger partial charge in [-0.25, -0.2) is 0 Å². The maximum Gasteiger partial charge on any atom is 0.0250 e. The van der Waals surface area contributed by atoms with E-state index in [4.69, 9.17) is 0 Å². The molecule has 0 aromatic heterocycles. The summed E-state index contributed by atoms with van der Waals surface area (Å²) in [5.41, 5.74) is 0.679. The molecule has 0 amide bonds. The molecule has 1 N–H and O–H groups in total. The standard InChI is InChI=1S/C10H17N/c1-2-6-10-8(3-1)4-5-9(10)7-11-10/h8-9,11H,1-7H2. The van der Waals surface area contributed by atoms with E-state index in [1.807, 2.05) is 0 Å². The first-order valence-electron chi connectivity index (χ1n) is 5.17. The molecule has 1 saturated heterocycles. The summed E-state index contributed by atoms with van der Waals surface area (Å²) in [6.07, 6.45) is 9.04. The van der Waals surface area contributed by atoms with Crippen LogP contribution in [0.1, 0.15) is 38.5 Å². The van der Waals surface area contributed by atoms with E-state index >= 15 is 0 Å². The molecule has 2 aliphatic carbocycles. The second-order valence-electron chi connectivity index (χ2n) is 4.64. The fraction of sp³-hybridized carbons (Fsp3) is 1.00. The summed E-state index contributed by atoms with van der Waals surface area (Å²) in [7, 11) is 0. The van der Waals surface area contributed by atoms with Crippen molar-refractivity contribution in [2.45, 2.75) is 44.1 Å². The third-order valence-corrected chi connectivity index (χ3v) is 4.39. The highest BCUT2D eigenvalue weighted by molar-refractivity contribution is 5.13. The van der Waals surface area contributed by atoms with Crippen LogP contribution < -0.4 is 5.32 Å². The van der Waals surface area contributed by atoms with Crippen molar-refractivity contribution in [2.75, 3.05) is 6.54 Å². The molecule has 1 heteroatoms. The van der Waals surface area contributed by atoms with Crippen LogP contribution in [0.5, 0.6) is 0 Å². The molecule has 1 spiro atoms. The van der Waals surface area contributed by atoms with Crippen molar-refractivity contribution < 1.29 is 0 Å². The van der Waals surface area contributed by atoms with Gasteiger partial charge in [0.2, 0.25) is 0 Å². The summed E-state index contributed by atoms with van der Waals surface area (Å²) in [6, 6.07) is 0. The van der Waals surface area contributed by atoms with Crippen molar-refractivity contribution in [3.05, 3.63) is 0 Å². The van der Waals surface area contributed by atoms with Crippen LogP contribution in [0.15, 0.2) is 0 Å². The maximum atomic E-state index is 3.72. The predicted octanol–water partition coefficient (Wildman–Crippen LogP) is 1.93. The molecule has 2 saturated carbocycles. The molecular formula is C10H17N. The van der Waals surface area contributed by atoms with Gasteiger partial charge in [0.15, 0.2) is 0 Å². The van der Waals surface area contributed by atoms with Gasteiger partial charge < -0.3 is 5.32 Å². The predicted molar refractivity (Wildman–Crippen MR) is 45.4 cm³/mol. The largest absolute Gasteiger partial charge is 0.310 e. The Labute approximate surface area is 68.6 Å². The summed E-state index contributed by atoms with van der Waals surface area (Å²) in [5, 5.41) is 3.72. The van der Waals surface area contributed by atoms with Crippen LogP contribution in [-0.2, 0) is 0 Å². The highest BCUT2D eigenvalue weighted by Gasteiger charge is 2.55. The first-order valence-corrected chi connectivity index (χ1v) is 5.17. The third-order valence-electron chi connectivity index (χ3n) is 4.39. The highest BCUT2D eigenvalue weighted by Crippen LogP contribution is 2.53. The second kappa shape index (κ2) is 2.01. The Kier molecular flexibility index (Phi) is 1.18. The molecule has 1 heterocycles. The summed E-state index contributed by atoms with van der Waals surface area (Å²) >= 11 is 0. The summed E-state index contributed by atoms with van der Waals surface area (Å²) in [6.45, 7) is 1.33. The topological polar surface area (TPSA) is 12.0 Å². The van der Waals surface area contributed by atoms with Crippen LogP contribution in [-0.4, -0.2) is 12.1 Å². The first kappa shape index (κ1) is 6.47. The molecule has 3 unspecified atom stereocenters. The monoisotopic (exact) mass is 151 g/mol. The van der Waals surface area contributed by atoms with Gasteiger partial charge in [-0.3, -0.25) is 0 Å². The molecule has 0 radical (unpaired) electrons. The van der Waals surface area contributed by atoms with Gasteiger partial charge >= 0.3 is 0 Å². The number of rotatable bonds is 0. The van der Waals surface area contributed by atoms with Gasteiger partial charge in [-0.2, -0.15) is 0 Å². The molecule has 3 aliphatic rings. The van der Waals surface area contributed by atoms with Crippen LogP contribution in [0.2, 0.25) is 0 Å². The summed E-state index contributed by atoms with van der Waals surface area (Å²) in [5.74, 6) is 2.14. The van der Waals surface area contributed by atoms with Crippen molar-refractivity contribution >= 4 is 0 Å². The van der Waals surface area contributed by atoms with Crippen molar-refractivity contribution in [3.63, 3.8) is 0 Å². The molecule has 0 aromatic rings. The Morgan fingerprint density at radius 2 is 1.91 bits per heavy atom. The lowest BCUT2D eigenvalue weighted by Crippen LogP contribution is -2.66. The van der Waals surface area contributed by atoms with E-state index in [-0.39, 0.29) is 0 Å². The molecule has 3 atom stereocenters. The van der Waals surface area contributed by atoms with Crippen molar-refractivity contribution in [1.82, 2.24) is 5.32 Å². The van der Waals surface area contributed by atoms with Crippen molar-refractivity contribution in [2.24, 2.45) is 11.8 Å². The average molecular weight is 151 g/mol. The minimum atomic E-state index is 0.679. The van der Waals surface area contributed by atoms with Gasteiger partial charge in [0.1, 0.15) is 0 Å². The molecule has 1 nitrogen and oxygen atoms in total. The SMILES string of the molecule is C1CCC23NCC2CCC3C1. The van der Waals surface area contributed by atoms with Crippen LogP contribution >= 0.6 is 0 Å². The van der Waals surface area contributed by atoms with Gasteiger partial charge in [0, 0.05) is 12.1 Å². The van der Waals surface area contributed by atoms with E-state index in [0.717, 1.165) is 11.8 Å². The van der Waals surface area contributed by atoms with E-state index in [1.165, 1.54) is 45.1 Å². The van der Waals surface area contributed by atoms with Crippen LogP contribution in [0.3, 0.4) is 0 Å². The van der Waals surface area contributed by atoms with Gasteiger partial charge in [-0.05, 0) is 37.5 Å². The molecular weight excluding hydrogens is 134 g/mol. The minimum absolute atomic E-state index is 0.679. The van der Waals surface area contributed by atoms with E-state index < -0.39 is 0 Å². The van der Waals surface area contributed by atoms with E-state index in [2.05, 4.69) is 5.32 Å². The molecule has 11 heavy (non-hydrogen) atoms. The molecule has 62 valence electrons. The smallest absolute Gasteiger partial charge is 0.0250 e. The quantitative estimate of drug-likeness (QED) is 0.558.